The first kappa shape index (κ1) is 16.7. The number of halogens is 1. The average molecular weight is 368 g/mol. The average Bonchev–Trinajstić information content (AvgIpc) is 3.01. The normalized spacial score (nSPS) is 16.1. The van der Waals surface area contributed by atoms with E-state index in [9.17, 15) is 4.79 Å². The molecule has 0 bridgehead atoms. The Labute approximate surface area is 156 Å². The molecule has 0 saturated carbocycles. The van der Waals surface area contributed by atoms with Crippen molar-refractivity contribution in [3.8, 4) is 5.75 Å². The molecular formula is C20H18ClN3O2. The number of fused-ring (bicyclic) bond motifs is 1. The first-order valence-corrected chi connectivity index (χ1v) is 8.80. The minimum atomic E-state index is -0.0203. The molecule has 0 fully saturated rings. The molecule has 2 heterocycles. The fourth-order valence-electron chi connectivity index (χ4n) is 3.29. The molecule has 1 aliphatic rings. The highest BCUT2D eigenvalue weighted by molar-refractivity contribution is 6.31. The quantitative estimate of drug-likeness (QED) is 0.717. The predicted molar refractivity (Wildman–Crippen MR) is 101 cm³/mol. The van der Waals surface area contributed by atoms with Gasteiger partial charge in [-0.15, -0.1) is 0 Å². The van der Waals surface area contributed by atoms with Gasteiger partial charge in [0.25, 0.3) is 0 Å². The number of carbonyl (C=O) groups excluding carboxylic acids is 1. The highest BCUT2D eigenvalue weighted by atomic mass is 35.5. The maximum Gasteiger partial charge on any atom is 0.226 e. The first-order chi connectivity index (χ1) is 12.6. The Balaban J connectivity index is 1.52. The summed E-state index contributed by atoms with van der Waals surface area (Å²) >= 11 is 6.16. The molecular weight excluding hydrogens is 350 g/mol. The Hall–Kier alpha value is -2.79. The van der Waals surface area contributed by atoms with Gasteiger partial charge in [0.15, 0.2) is 5.82 Å². The van der Waals surface area contributed by atoms with Gasteiger partial charge in [0.1, 0.15) is 12.4 Å². The fourth-order valence-corrected chi connectivity index (χ4v) is 3.48. The van der Waals surface area contributed by atoms with Gasteiger partial charge in [-0.05, 0) is 30.7 Å². The molecule has 0 saturated heterocycles. The SMILES string of the molecule is Cc1[nH]nc2c1[C@@H](c1ccc(OCc3ccccc3Cl)cc1)CC(=O)N2. The Bertz CT molecular complexity index is 950. The topological polar surface area (TPSA) is 67.0 Å². The highest BCUT2D eigenvalue weighted by Crippen LogP contribution is 2.38. The summed E-state index contributed by atoms with van der Waals surface area (Å²) in [6.07, 6.45) is 0.410. The molecule has 1 amide bonds. The van der Waals surface area contributed by atoms with Crippen LogP contribution in [0.15, 0.2) is 48.5 Å². The van der Waals surface area contributed by atoms with E-state index in [-0.39, 0.29) is 11.8 Å². The molecule has 3 aromatic rings. The van der Waals surface area contributed by atoms with E-state index < -0.39 is 0 Å². The van der Waals surface area contributed by atoms with Crippen molar-refractivity contribution < 1.29 is 9.53 Å². The van der Waals surface area contributed by atoms with Crippen molar-refractivity contribution in [2.75, 3.05) is 5.32 Å². The zero-order valence-electron chi connectivity index (χ0n) is 14.3. The molecule has 5 nitrogen and oxygen atoms in total. The van der Waals surface area contributed by atoms with E-state index in [1.807, 2.05) is 55.5 Å². The van der Waals surface area contributed by atoms with Crippen LogP contribution in [0, 0.1) is 6.92 Å². The maximum atomic E-state index is 12.0. The first-order valence-electron chi connectivity index (χ1n) is 8.42. The van der Waals surface area contributed by atoms with E-state index in [0.717, 1.165) is 28.1 Å². The van der Waals surface area contributed by atoms with Crippen molar-refractivity contribution in [3.63, 3.8) is 0 Å². The second-order valence-electron chi connectivity index (χ2n) is 6.36. The van der Waals surface area contributed by atoms with Crippen molar-refractivity contribution in [2.45, 2.75) is 25.9 Å². The highest BCUT2D eigenvalue weighted by Gasteiger charge is 2.30. The lowest BCUT2D eigenvalue weighted by Crippen LogP contribution is -2.23. The van der Waals surface area contributed by atoms with Crippen LogP contribution in [0.1, 0.15) is 34.7 Å². The molecule has 2 N–H and O–H groups in total. The summed E-state index contributed by atoms with van der Waals surface area (Å²) in [5.74, 6) is 1.36. The van der Waals surface area contributed by atoms with Gasteiger partial charge in [-0.25, -0.2) is 0 Å². The number of ether oxygens (including phenoxy) is 1. The minimum absolute atomic E-state index is 0.00452. The third-order valence-corrected chi connectivity index (χ3v) is 4.99. The summed E-state index contributed by atoms with van der Waals surface area (Å²) in [4.78, 5) is 12.0. The number of aryl methyl sites for hydroxylation is 1. The standard InChI is InChI=1S/C20H18ClN3O2/c1-12-19-16(10-18(25)22-20(19)24-23-12)13-6-8-15(9-7-13)26-11-14-4-2-3-5-17(14)21/h2-9,16H,10-11H2,1H3,(H2,22,23,24,25)/t16-/m1/s1. The number of rotatable bonds is 4. The summed E-state index contributed by atoms with van der Waals surface area (Å²) in [6, 6.07) is 15.5. The van der Waals surface area contributed by atoms with Gasteiger partial charge in [-0.2, -0.15) is 5.10 Å². The number of hydrogen-bond acceptors (Lipinski definition) is 3. The van der Waals surface area contributed by atoms with E-state index in [0.29, 0.717) is 23.9 Å². The monoisotopic (exact) mass is 367 g/mol. The van der Waals surface area contributed by atoms with Crippen LogP contribution in [0.25, 0.3) is 0 Å². The zero-order valence-corrected chi connectivity index (χ0v) is 15.0. The number of amides is 1. The van der Waals surface area contributed by atoms with Gasteiger partial charge in [0, 0.05) is 34.2 Å². The van der Waals surface area contributed by atoms with Crippen LogP contribution in [-0.2, 0) is 11.4 Å². The van der Waals surface area contributed by atoms with Crippen LogP contribution < -0.4 is 10.1 Å². The molecule has 1 aliphatic heterocycles. The lowest BCUT2D eigenvalue weighted by Gasteiger charge is -2.23. The number of H-pyrrole nitrogens is 1. The number of aromatic nitrogens is 2. The second-order valence-corrected chi connectivity index (χ2v) is 6.77. The largest absolute Gasteiger partial charge is 0.489 e. The molecule has 132 valence electrons. The lowest BCUT2D eigenvalue weighted by molar-refractivity contribution is -0.116. The van der Waals surface area contributed by atoms with E-state index in [1.165, 1.54) is 0 Å². The summed E-state index contributed by atoms with van der Waals surface area (Å²) in [7, 11) is 0. The smallest absolute Gasteiger partial charge is 0.226 e. The van der Waals surface area contributed by atoms with Gasteiger partial charge in [0.05, 0.1) is 0 Å². The molecule has 1 aromatic heterocycles. The van der Waals surface area contributed by atoms with Crippen molar-refractivity contribution in [1.29, 1.82) is 0 Å². The van der Waals surface area contributed by atoms with Crippen LogP contribution >= 0.6 is 11.6 Å². The number of nitrogens with zero attached hydrogens (tertiary/aromatic N) is 1. The third kappa shape index (κ3) is 3.18. The van der Waals surface area contributed by atoms with Crippen LogP contribution in [0.2, 0.25) is 5.02 Å². The lowest BCUT2D eigenvalue weighted by atomic mass is 9.86. The minimum Gasteiger partial charge on any atom is -0.489 e. The number of anilines is 1. The van der Waals surface area contributed by atoms with E-state index in [4.69, 9.17) is 16.3 Å². The van der Waals surface area contributed by atoms with E-state index in [2.05, 4.69) is 15.5 Å². The number of hydrogen-bond donors (Lipinski definition) is 2. The molecule has 0 unspecified atom stereocenters. The number of nitrogens with one attached hydrogen (secondary N) is 2. The van der Waals surface area contributed by atoms with Gasteiger partial charge in [0.2, 0.25) is 5.91 Å². The Morgan fingerprint density at radius 3 is 2.73 bits per heavy atom. The van der Waals surface area contributed by atoms with Crippen molar-refractivity contribution in [2.24, 2.45) is 0 Å². The van der Waals surface area contributed by atoms with Gasteiger partial charge in [-0.1, -0.05) is 41.9 Å². The molecule has 2 aromatic carbocycles. The van der Waals surface area contributed by atoms with Gasteiger partial charge in [-0.3, -0.25) is 9.89 Å². The zero-order chi connectivity index (χ0) is 18.1. The maximum absolute atomic E-state index is 12.0. The van der Waals surface area contributed by atoms with Crippen LogP contribution in [-0.4, -0.2) is 16.1 Å². The molecule has 0 radical (unpaired) electrons. The predicted octanol–water partition coefficient (Wildman–Crippen LogP) is 4.42. The molecule has 1 atom stereocenters. The van der Waals surface area contributed by atoms with Crippen molar-refractivity contribution >= 4 is 23.3 Å². The summed E-state index contributed by atoms with van der Waals surface area (Å²) in [5, 5.41) is 10.6. The third-order valence-electron chi connectivity index (χ3n) is 4.62. The molecule has 6 heteroatoms. The van der Waals surface area contributed by atoms with Crippen LogP contribution in [0.4, 0.5) is 5.82 Å². The summed E-state index contributed by atoms with van der Waals surface area (Å²) in [6.45, 7) is 2.38. The van der Waals surface area contributed by atoms with E-state index >= 15 is 0 Å². The molecule has 0 aliphatic carbocycles. The molecule has 26 heavy (non-hydrogen) atoms. The second kappa shape index (κ2) is 6.84. The number of carbonyl (C=O) groups is 1. The number of benzene rings is 2. The van der Waals surface area contributed by atoms with Crippen LogP contribution in [0.5, 0.6) is 5.75 Å². The summed E-state index contributed by atoms with van der Waals surface area (Å²) < 4.78 is 5.83. The molecule has 4 rings (SSSR count). The van der Waals surface area contributed by atoms with Crippen molar-refractivity contribution in [1.82, 2.24) is 10.2 Å². The summed E-state index contributed by atoms with van der Waals surface area (Å²) in [5.41, 5.74) is 4.04. The van der Waals surface area contributed by atoms with Crippen LogP contribution in [0.3, 0.4) is 0 Å². The Morgan fingerprint density at radius 2 is 1.96 bits per heavy atom. The van der Waals surface area contributed by atoms with Crippen molar-refractivity contribution in [3.05, 3.63) is 75.9 Å². The fraction of sp³-hybridized carbons (Fsp3) is 0.200. The number of aromatic amines is 1. The van der Waals surface area contributed by atoms with Gasteiger partial charge >= 0.3 is 0 Å². The van der Waals surface area contributed by atoms with Gasteiger partial charge < -0.3 is 10.1 Å². The Kier molecular flexibility index (Phi) is 4.39. The Morgan fingerprint density at radius 1 is 1.19 bits per heavy atom. The molecule has 0 spiro atoms. The van der Waals surface area contributed by atoms with E-state index in [1.54, 1.807) is 0 Å².